The molecule has 0 atom stereocenters. The van der Waals surface area contributed by atoms with Gasteiger partial charge in [-0.1, -0.05) is 12.1 Å². The van der Waals surface area contributed by atoms with Gasteiger partial charge in [0.25, 0.3) is 9.84 Å². The van der Waals surface area contributed by atoms with Gasteiger partial charge in [0.2, 0.25) is 5.91 Å². The summed E-state index contributed by atoms with van der Waals surface area (Å²) in [5.41, 5.74) is -5.55. The molecule has 0 aliphatic carbocycles. The molecule has 5 nitrogen and oxygen atoms in total. The third-order valence-electron chi connectivity index (χ3n) is 2.52. The van der Waals surface area contributed by atoms with Gasteiger partial charge < -0.3 is 10.6 Å². The van der Waals surface area contributed by atoms with Crippen molar-refractivity contribution >= 4 is 21.4 Å². The highest BCUT2D eigenvalue weighted by atomic mass is 32.2. The van der Waals surface area contributed by atoms with Crippen LogP contribution in [0.5, 0.6) is 0 Å². The first-order chi connectivity index (χ1) is 9.70. The summed E-state index contributed by atoms with van der Waals surface area (Å²) in [6.07, 6.45) is 0.0221. The number of sulfone groups is 1. The van der Waals surface area contributed by atoms with Crippen molar-refractivity contribution in [2.45, 2.75) is 23.7 Å². The largest absolute Gasteiger partial charge is 0.501 e. The lowest BCUT2D eigenvalue weighted by molar-refractivity contribution is -0.120. The summed E-state index contributed by atoms with van der Waals surface area (Å²) < 4.78 is 60.6. The molecule has 9 heteroatoms. The summed E-state index contributed by atoms with van der Waals surface area (Å²) in [5.74, 6) is -0.277. The molecule has 0 aliphatic rings. The zero-order valence-corrected chi connectivity index (χ0v) is 12.0. The van der Waals surface area contributed by atoms with Crippen LogP contribution < -0.4 is 10.6 Å². The predicted molar refractivity (Wildman–Crippen MR) is 71.5 cm³/mol. The number of carbonyl (C=O) groups is 1. The molecule has 1 rings (SSSR count). The molecule has 1 amide bonds. The van der Waals surface area contributed by atoms with Crippen LogP contribution in [0.1, 0.15) is 13.3 Å². The Bertz CT molecular complexity index is 600. The Labute approximate surface area is 120 Å². The first-order valence-electron chi connectivity index (χ1n) is 6.11. The number of anilines is 1. The third-order valence-corrected chi connectivity index (χ3v) is 4.07. The number of carbonyl (C=O) groups excluding carboxylic acids is 1. The number of rotatable bonds is 6. The van der Waals surface area contributed by atoms with E-state index in [4.69, 9.17) is 0 Å². The van der Waals surface area contributed by atoms with Gasteiger partial charge in [0.05, 0.1) is 10.6 Å². The topological polar surface area (TPSA) is 75.3 Å². The molecule has 0 bridgehead atoms. The van der Waals surface area contributed by atoms with Crippen LogP contribution >= 0.6 is 0 Å². The number of alkyl halides is 3. The van der Waals surface area contributed by atoms with E-state index in [2.05, 4.69) is 10.6 Å². The van der Waals surface area contributed by atoms with Gasteiger partial charge in [-0.2, -0.15) is 13.2 Å². The van der Waals surface area contributed by atoms with E-state index in [0.29, 0.717) is 6.54 Å². The highest BCUT2D eigenvalue weighted by molar-refractivity contribution is 7.92. The molecule has 0 saturated carbocycles. The lowest BCUT2D eigenvalue weighted by Gasteiger charge is -2.14. The number of nitrogens with one attached hydrogen (secondary N) is 2. The second kappa shape index (κ2) is 6.79. The van der Waals surface area contributed by atoms with Gasteiger partial charge in [0.15, 0.2) is 0 Å². The van der Waals surface area contributed by atoms with Crippen molar-refractivity contribution in [3.8, 4) is 0 Å². The highest BCUT2D eigenvalue weighted by Gasteiger charge is 2.47. The van der Waals surface area contributed by atoms with E-state index in [1.165, 1.54) is 18.2 Å². The van der Waals surface area contributed by atoms with E-state index in [1.807, 2.05) is 0 Å². The fourth-order valence-corrected chi connectivity index (χ4v) is 2.50. The van der Waals surface area contributed by atoms with E-state index in [1.54, 1.807) is 6.92 Å². The number of hydrogen-bond donors (Lipinski definition) is 2. The fourth-order valence-electron chi connectivity index (χ4n) is 1.57. The maximum Gasteiger partial charge on any atom is 0.501 e. The van der Waals surface area contributed by atoms with E-state index in [9.17, 15) is 26.4 Å². The summed E-state index contributed by atoms with van der Waals surface area (Å²) in [5, 5.41) is 5.06. The Morgan fingerprint density at radius 3 is 2.43 bits per heavy atom. The van der Waals surface area contributed by atoms with Crippen LogP contribution in [0.3, 0.4) is 0 Å². The van der Waals surface area contributed by atoms with Gasteiger partial charge in [-0.25, -0.2) is 8.42 Å². The Morgan fingerprint density at radius 1 is 1.24 bits per heavy atom. The smallest absolute Gasteiger partial charge is 0.383 e. The minimum absolute atomic E-state index is 0.0221. The van der Waals surface area contributed by atoms with Crippen LogP contribution in [-0.2, 0) is 14.6 Å². The molecular weight excluding hydrogens is 309 g/mol. The molecule has 118 valence electrons. The van der Waals surface area contributed by atoms with Crippen molar-refractivity contribution in [2.75, 3.05) is 18.4 Å². The summed E-state index contributed by atoms with van der Waals surface area (Å²) in [7, 11) is -5.43. The van der Waals surface area contributed by atoms with Crippen LogP contribution in [0.25, 0.3) is 0 Å². The molecule has 0 saturated heterocycles. The van der Waals surface area contributed by atoms with Crippen LogP contribution in [0.4, 0.5) is 18.9 Å². The lowest BCUT2D eigenvalue weighted by Crippen LogP contribution is -2.26. The Morgan fingerprint density at radius 2 is 1.86 bits per heavy atom. The average molecular weight is 324 g/mol. The van der Waals surface area contributed by atoms with E-state index in [-0.39, 0.29) is 24.6 Å². The van der Waals surface area contributed by atoms with Crippen molar-refractivity contribution in [2.24, 2.45) is 0 Å². The summed E-state index contributed by atoms with van der Waals surface area (Å²) in [4.78, 5) is 10.4. The second-order valence-corrected chi connectivity index (χ2v) is 5.99. The van der Waals surface area contributed by atoms with Gasteiger partial charge in [-0.05, 0) is 19.1 Å². The fraction of sp³-hybridized carbons (Fsp3) is 0.417. The number of hydrogen-bond acceptors (Lipinski definition) is 4. The van der Waals surface area contributed by atoms with Crippen LogP contribution in [0.15, 0.2) is 29.2 Å². The standard InChI is InChI=1S/C12H15F3N2O3S/c1-2-16-11(18)7-8-17-9-5-3-4-6-10(9)21(19,20)12(13,14)15/h3-6,17H,2,7-8H2,1H3,(H,16,18). The molecule has 0 spiro atoms. The summed E-state index contributed by atoms with van der Waals surface area (Å²) in [6.45, 7) is 2.20. The number of amides is 1. The van der Waals surface area contributed by atoms with Crippen molar-refractivity contribution in [1.82, 2.24) is 5.32 Å². The Kier molecular flexibility index (Phi) is 5.59. The normalized spacial score (nSPS) is 12.0. The van der Waals surface area contributed by atoms with Crippen LogP contribution in [0, 0.1) is 0 Å². The average Bonchev–Trinajstić information content (AvgIpc) is 2.38. The van der Waals surface area contributed by atoms with Gasteiger partial charge in [0, 0.05) is 19.5 Å². The molecule has 0 fully saturated rings. The molecular formula is C12H15F3N2O3S. The van der Waals surface area contributed by atoms with Gasteiger partial charge >= 0.3 is 5.51 Å². The Balaban J connectivity index is 2.89. The molecule has 1 aromatic rings. The number of halogens is 3. The van der Waals surface area contributed by atoms with Gasteiger partial charge in [0.1, 0.15) is 0 Å². The van der Waals surface area contributed by atoms with E-state index in [0.717, 1.165) is 6.07 Å². The number of benzene rings is 1. The molecule has 21 heavy (non-hydrogen) atoms. The third kappa shape index (κ3) is 4.35. The second-order valence-electron chi connectivity index (χ2n) is 4.08. The lowest BCUT2D eigenvalue weighted by atomic mass is 10.3. The minimum Gasteiger partial charge on any atom is -0.383 e. The highest BCUT2D eigenvalue weighted by Crippen LogP contribution is 2.34. The molecule has 2 N–H and O–H groups in total. The zero-order chi connectivity index (χ0) is 16.1. The van der Waals surface area contributed by atoms with Gasteiger partial charge in [-0.15, -0.1) is 0 Å². The van der Waals surface area contributed by atoms with Crippen molar-refractivity contribution < 1.29 is 26.4 Å². The van der Waals surface area contributed by atoms with Crippen molar-refractivity contribution in [1.29, 1.82) is 0 Å². The Hall–Kier alpha value is -1.77. The van der Waals surface area contributed by atoms with Crippen molar-refractivity contribution in [3.63, 3.8) is 0 Å². The SMILES string of the molecule is CCNC(=O)CCNc1ccccc1S(=O)(=O)C(F)(F)F. The maximum absolute atomic E-state index is 12.6. The molecule has 0 radical (unpaired) electrons. The molecule has 0 aromatic heterocycles. The minimum atomic E-state index is -5.43. The summed E-state index contributed by atoms with van der Waals surface area (Å²) in [6, 6.07) is 4.70. The van der Waals surface area contributed by atoms with Crippen LogP contribution in [0.2, 0.25) is 0 Å². The van der Waals surface area contributed by atoms with Crippen molar-refractivity contribution in [3.05, 3.63) is 24.3 Å². The zero-order valence-electron chi connectivity index (χ0n) is 11.2. The van der Waals surface area contributed by atoms with Crippen LogP contribution in [-0.4, -0.2) is 32.9 Å². The first kappa shape index (κ1) is 17.3. The summed E-state index contributed by atoms with van der Waals surface area (Å²) >= 11 is 0. The van der Waals surface area contributed by atoms with E-state index >= 15 is 0 Å². The predicted octanol–water partition coefficient (Wildman–Crippen LogP) is 1.92. The van der Waals surface area contributed by atoms with E-state index < -0.39 is 20.2 Å². The quantitative estimate of drug-likeness (QED) is 0.838. The molecule has 0 unspecified atom stereocenters. The van der Waals surface area contributed by atoms with Gasteiger partial charge in [-0.3, -0.25) is 4.79 Å². The molecule has 1 aromatic carbocycles. The molecule has 0 heterocycles. The molecule has 0 aliphatic heterocycles. The monoisotopic (exact) mass is 324 g/mol. The first-order valence-corrected chi connectivity index (χ1v) is 7.59. The maximum atomic E-state index is 12.6. The number of para-hydroxylation sites is 1.